The number of hydrogen-bond donors (Lipinski definition) is 2. The minimum Gasteiger partial charge on any atom is -0.481 e. The Balaban J connectivity index is 2.12. The van der Waals surface area contributed by atoms with E-state index in [0.29, 0.717) is 15.6 Å². The number of sulfone groups is 1. The second-order valence-electron chi connectivity index (χ2n) is 6.00. The van der Waals surface area contributed by atoms with Crippen LogP contribution in [0.1, 0.15) is 11.5 Å². The molecule has 1 saturated carbocycles. The van der Waals surface area contributed by atoms with Gasteiger partial charge in [0.15, 0.2) is 9.84 Å². The normalized spacial score (nSPS) is 25.6. The fourth-order valence-corrected chi connectivity index (χ4v) is 6.10. The SMILES string of the molecule is NC[C@]1(C(=O)O)[C@H](c2cccc(Cl)c2)[C@@H]1S(=O)(=O)c1ccc(Cl)cc1. The van der Waals surface area contributed by atoms with Crippen LogP contribution in [0.15, 0.2) is 53.4 Å². The Morgan fingerprint density at radius 2 is 1.76 bits per heavy atom. The molecule has 1 aliphatic carbocycles. The summed E-state index contributed by atoms with van der Waals surface area (Å²) < 4.78 is 26.1. The highest BCUT2D eigenvalue weighted by molar-refractivity contribution is 7.92. The quantitative estimate of drug-likeness (QED) is 0.804. The van der Waals surface area contributed by atoms with Crippen molar-refractivity contribution in [3.63, 3.8) is 0 Å². The summed E-state index contributed by atoms with van der Waals surface area (Å²) in [6.07, 6.45) is 0. The van der Waals surface area contributed by atoms with Crippen LogP contribution in [0, 0.1) is 5.41 Å². The summed E-state index contributed by atoms with van der Waals surface area (Å²) in [4.78, 5) is 11.9. The van der Waals surface area contributed by atoms with Crippen molar-refractivity contribution in [1.29, 1.82) is 0 Å². The van der Waals surface area contributed by atoms with Gasteiger partial charge < -0.3 is 10.8 Å². The van der Waals surface area contributed by atoms with E-state index in [1.54, 1.807) is 24.3 Å². The molecule has 0 aromatic heterocycles. The van der Waals surface area contributed by atoms with Gasteiger partial charge in [-0.15, -0.1) is 0 Å². The van der Waals surface area contributed by atoms with E-state index in [1.165, 1.54) is 24.3 Å². The summed E-state index contributed by atoms with van der Waals surface area (Å²) in [6.45, 7) is -0.295. The van der Waals surface area contributed by atoms with Gasteiger partial charge in [-0.25, -0.2) is 8.42 Å². The molecule has 0 aliphatic heterocycles. The van der Waals surface area contributed by atoms with E-state index >= 15 is 0 Å². The molecule has 25 heavy (non-hydrogen) atoms. The third-order valence-corrected chi connectivity index (χ3v) is 7.45. The fourth-order valence-electron chi connectivity index (χ4n) is 3.39. The molecule has 3 N–H and O–H groups in total. The third-order valence-electron chi connectivity index (χ3n) is 4.68. The van der Waals surface area contributed by atoms with Crippen molar-refractivity contribution < 1.29 is 18.3 Å². The first-order valence-corrected chi connectivity index (χ1v) is 9.73. The summed E-state index contributed by atoms with van der Waals surface area (Å²) in [6, 6.07) is 12.2. The standard InChI is InChI=1S/C17H15Cl2NO4S/c18-11-4-6-13(7-5-11)25(23,24)15-14(17(15,9-20)16(21)22)10-2-1-3-12(19)8-10/h1-8,14-15H,9,20H2,(H,21,22)/t14-,15+,17+/m1/s1. The highest BCUT2D eigenvalue weighted by atomic mass is 35.5. The van der Waals surface area contributed by atoms with Gasteiger partial charge in [0.05, 0.1) is 10.1 Å². The van der Waals surface area contributed by atoms with E-state index in [4.69, 9.17) is 28.9 Å². The van der Waals surface area contributed by atoms with Gasteiger partial charge in [0.2, 0.25) is 0 Å². The molecule has 0 bridgehead atoms. The maximum Gasteiger partial charge on any atom is 0.312 e. The second kappa shape index (κ2) is 6.29. The Hall–Kier alpha value is -1.60. The molecule has 1 fully saturated rings. The largest absolute Gasteiger partial charge is 0.481 e. The maximum atomic E-state index is 13.1. The van der Waals surface area contributed by atoms with E-state index in [2.05, 4.69) is 0 Å². The fraction of sp³-hybridized carbons (Fsp3) is 0.235. The van der Waals surface area contributed by atoms with Gasteiger partial charge >= 0.3 is 5.97 Å². The van der Waals surface area contributed by atoms with E-state index in [-0.39, 0.29) is 11.4 Å². The minimum atomic E-state index is -3.92. The summed E-state index contributed by atoms with van der Waals surface area (Å²) in [5, 5.41) is 9.37. The van der Waals surface area contributed by atoms with Gasteiger partial charge in [-0.05, 0) is 42.0 Å². The molecule has 0 spiro atoms. The van der Waals surface area contributed by atoms with Crippen LogP contribution < -0.4 is 5.73 Å². The van der Waals surface area contributed by atoms with Crippen LogP contribution in [0.25, 0.3) is 0 Å². The van der Waals surface area contributed by atoms with Crippen LogP contribution in [0.2, 0.25) is 10.0 Å². The van der Waals surface area contributed by atoms with Crippen LogP contribution in [0.5, 0.6) is 0 Å². The molecule has 3 atom stereocenters. The summed E-state index contributed by atoms with van der Waals surface area (Å²) >= 11 is 11.8. The molecule has 5 nitrogen and oxygen atoms in total. The summed E-state index contributed by atoms with van der Waals surface area (Å²) in [7, 11) is -3.92. The number of halogens is 2. The smallest absolute Gasteiger partial charge is 0.312 e. The molecule has 0 heterocycles. The zero-order valence-corrected chi connectivity index (χ0v) is 15.2. The summed E-state index contributed by atoms with van der Waals surface area (Å²) in [5.41, 5.74) is 4.69. The molecule has 0 radical (unpaired) electrons. The van der Waals surface area contributed by atoms with Gasteiger partial charge in [0, 0.05) is 22.5 Å². The molecule has 8 heteroatoms. The Morgan fingerprint density at radius 3 is 2.28 bits per heavy atom. The zero-order valence-electron chi connectivity index (χ0n) is 12.9. The number of aliphatic carboxylic acids is 1. The molecule has 0 saturated heterocycles. The highest BCUT2D eigenvalue weighted by Crippen LogP contribution is 2.63. The van der Waals surface area contributed by atoms with Crippen molar-refractivity contribution in [3.8, 4) is 0 Å². The lowest BCUT2D eigenvalue weighted by atomic mass is 9.99. The number of hydrogen-bond acceptors (Lipinski definition) is 4. The van der Waals surface area contributed by atoms with Crippen LogP contribution in [-0.4, -0.2) is 31.3 Å². The Morgan fingerprint density at radius 1 is 1.12 bits per heavy atom. The van der Waals surface area contributed by atoms with Crippen molar-refractivity contribution in [2.75, 3.05) is 6.54 Å². The molecule has 2 aromatic carbocycles. The molecule has 132 valence electrons. The lowest BCUT2D eigenvalue weighted by molar-refractivity contribution is -0.143. The van der Waals surface area contributed by atoms with Gasteiger partial charge in [-0.2, -0.15) is 0 Å². The van der Waals surface area contributed by atoms with Gasteiger partial charge in [-0.3, -0.25) is 4.79 Å². The predicted octanol–water partition coefficient (Wildman–Crippen LogP) is 2.96. The lowest BCUT2D eigenvalue weighted by Gasteiger charge is -2.10. The van der Waals surface area contributed by atoms with Crippen molar-refractivity contribution in [2.45, 2.75) is 16.1 Å². The highest BCUT2D eigenvalue weighted by Gasteiger charge is 2.75. The summed E-state index contributed by atoms with van der Waals surface area (Å²) in [5.74, 6) is -2.00. The van der Waals surface area contributed by atoms with Crippen molar-refractivity contribution in [1.82, 2.24) is 0 Å². The van der Waals surface area contributed by atoms with Crippen molar-refractivity contribution >= 4 is 39.0 Å². The molecule has 0 unspecified atom stereocenters. The van der Waals surface area contributed by atoms with E-state index in [0.717, 1.165) is 0 Å². The Labute approximate surface area is 155 Å². The first kappa shape index (κ1) is 18.2. The number of carbonyl (C=O) groups is 1. The average Bonchev–Trinajstić information content (AvgIpc) is 3.27. The van der Waals surface area contributed by atoms with Gasteiger partial charge in [-0.1, -0.05) is 35.3 Å². The van der Waals surface area contributed by atoms with Gasteiger partial charge in [0.1, 0.15) is 5.41 Å². The molecular formula is C17H15Cl2NO4S. The third kappa shape index (κ3) is 2.83. The molecule has 2 aromatic rings. The molecular weight excluding hydrogens is 385 g/mol. The zero-order chi connectivity index (χ0) is 18.4. The number of carboxylic acid groups (broad SMARTS) is 1. The second-order valence-corrected chi connectivity index (χ2v) is 8.94. The van der Waals surface area contributed by atoms with E-state index in [9.17, 15) is 18.3 Å². The van der Waals surface area contributed by atoms with Crippen LogP contribution in [0.4, 0.5) is 0 Å². The van der Waals surface area contributed by atoms with Crippen molar-refractivity contribution in [3.05, 3.63) is 64.1 Å². The van der Waals surface area contributed by atoms with Crippen molar-refractivity contribution in [2.24, 2.45) is 11.1 Å². The first-order chi connectivity index (χ1) is 11.7. The van der Waals surface area contributed by atoms with Crippen LogP contribution in [0.3, 0.4) is 0 Å². The molecule has 0 amide bonds. The number of carboxylic acids is 1. The maximum absolute atomic E-state index is 13.1. The van der Waals surface area contributed by atoms with E-state index in [1.807, 2.05) is 0 Å². The van der Waals surface area contributed by atoms with Crippen LogP contribution >= 0.6 is 23.2 Å². The van der Waals surface area contributed by atoms with Gasteiger partial charge in [0.25, 0.3) is 0 Å². The first-order valence-electron chi connectivity index (χ1n) is 7.43. The molecule has 1 aliphatic rings. The van der Waals surface area contributed by atoms with Crippen LogP contribution in [-0.2, 0) is 14.6 Å². The average molecular weight is 400 g/mol. The number of nitrogens with two attached hydrogens (primary N) is 1. The number of rotatable bonds is 5. The Bertz CT molecular complexity index is 930. The lowest BCUT2D eigenvalue weighted by Crippen LogP contribution is -2.31. The Kier molecular flexibility index (Phi) is 4.58. The predicted molar refractivity (Wildman–Crippen MR) is 95.7 cm³/mol. The minimum absolute atomic E-state index is 0.0190. The molecule has 3 rings (SSSR count). The number of benzene rings is 2. The van der Waals surface area contributed by atoms with E-state index < -0.39 is 32.4 Å². The topological polar surface area (TPSA) is 97.5 Å². The monoisotopic (exact) mass is 399 g/mol.